The highest BCUT2D eigenvalue weighted by Crippen LogP contribution is 2.28. The van der Waals surface area contributed by atoms with Gasteiger partial charge in [-0.05, 0) is 59.5 Å². The summed E-state index contributed by atoms with van der Waals surface area (Å²) >= 11 is 9.37. The minimum atomic E-state index is -0.567. The van der Waals surface area contributed by atoms with Crippen LogP contribution >= 0.6 is 27.5 Å². The van der Waals surface area contributed by atoms with Crippen LogP contribution in [0.5, 0.6) is 5.75 Å². The van der Waals surface area contributed by atoms with E-state index in [4.69, 9.17) is 16.3 Å². The van der Waals surface area contributed by atoms with Crippen molar-refractivity contribution in [2.45, 2.75) is 52.6 Å². The molecule has 0 unspecified atom stereocenters. The second-order valence-electron chi connectivity index (χ2n) is 7.44. The summed E-state index contributed by atoms with van der Waals surface area (Å²) in [4.78, 5) is 27.7. The molecule has 0 bridgehead atoms. The van der Waals surface area contributed by atoms with Gasteiger partial charge in [0.2, 0.25) is 5.91 Å². The van der Waals surface area contributed by atoms with Gasteiger partial charge in [0.25, 0.3) is 5.91 Å². The van der Waals surface area contributed by atoms with Crippen molar-refractivity contribution in [3.63, 3.8) is 0 Å². The molecule has 0 aliphatic heterocycles. The summed E-state index contributed by atoms with van der Waals surface area (Å²) in [7, 11) is 0. The van der Waals surface area contributed by atoms with Crippen molar-refractivity contribution in [3.8, 4) is 5.75 Å². The number of benzene rings is 2. The predicted octanol–water partition coefficient (Wildman–Crippen LogP) is 5.51. The van der Waals surface area contributed by atoms with Gasteiger partial charge >= 0.3 is 0 Å². The molecule has 0 aliphatic rings. The van der Waals surface area contributed by atoms with Crippen molar-refractivity contribution in [1.82, 2.24) is 10.2 Å². The number of nitrogens with one attached hydrogen (secondary N) is 1. The Hall–Kier alpha value is -2.05. The van der Waals surface area contributed by atoms with E-state index in [1.807, 2.05) is 38.1 Å². The number of hydrogen-bond donors (Lipinski definition) is 1. The first kappa shape index (κ1) is 25.2. The van der Waals surface area contributed by atoms with E-state index >= 15 is 0 Å². The highest BCUT2D eigenvalue weighted by Gasteiger charge is 2.29. The van der Waals surface area contributed by atoms with Crippen LogP contribution in [0.1, 0.15) is 44.2 Å². The first-order chi connectivity index (χ1) is 14.8. The number of ether oxygens (including phenoxy) is 1. The van der Waals surface area contributed by atoms with Crippen LogP contribution in [0.3, 0.4) is 0 Å². The Bertz CT molecular complexity index is 891. The zero-order valence-corrected chi connectivity index (χ0v) is 20.6. The number of aryl methyl sites for hydroxylation is 1. The molecule has 7 heteroatoms. The van der Waals surface area contributed by atoms with Crippen molar-refractivity contribution < 1.29 is 14.3 Å². The third-order valence-electron chi connectivity index (χ3n) is 4.90. The first-order valence-corrected chi connectivity index (χ1v) is 11.7. The Kier molecular flexibility index (Phi) is 10.3. The van der Waals surface area contributed by atoms with Crippen molar-refractivity contribution in [2.75, 3.05) is 13.2 Å². The van der Waals surface area contributed by atoms with Gasteiger partial charge in [-0.1, -0.05) is 61.7 Å². The quantitative estimate of drug-likeness (QED) is 0.406. The lowest BCUT2D eigenvalue weighted by molar-refractivity contribution is -0.143. The standard InChI is InChI=1S/C24H30BrClN2O3/c1-4-6-12-27-24(30)21(5-2)28(15-18-9-7-8-17(3)13-18)23(29)16-31-22-11-10-19(26)14-20(22)25/h7-11,13-14,21H,4-6,12,15-16H2,1-3H3,(H,27,30)/t21-/m0/s1. The molecule has 168 valence electrons. The fourth-order valence-corrected chi connectivity index (χ4v) is 4.04. The summed E-state index contributed by atoms with van der Waals surface area (Å²) in [6.07, 6.45) is 2.41. The Morgan fingerprint density at radius 1 is 1.19 bits per heavy atom. The molecule has 0 fully saturated rings. The van der Waals surface area contributed by atoms with Gasteiger partial charge in [-0.2, -0.15) is 0 Å². The van der Waals surface area contributed by atoms with Crippen molar-refractivity contribution in [3.05, 3.63) is 63.1 Å². The van der Waals surface area contributed by atoms with E-state index in [0.717, 1.165) is 24.0 Å². The van der Waals surface area contributed by atoms with E-state index in [1.165, 1.54) is 0 Å². The number of carbonyl (C=O) groups is 2. The minimum absolute atomic E-state index is 0.135. The van der Waals surface area contributed by atoms with Gasteiger partial charge in [0.15, 0.2) is 6.61 Å². The van der Waals surface area contributed by atoms with Gasteiger partial charge < -0.3 is 15.0 Å². The van der Waals surface area contributed by atoms with Gasteiger partial charge in [0, 0.05) is 18.1 Å². The zero-order chi connectivity index (χ0) is 22.8. The molecule has 2 rings (SSSR count). The van der Waals surface area contributed by atoms with Crippen molar-refractivity contribution >= 4 is 39.3 Å². The molecule has 0 aliphatic carbocycles. The Balaban J connectivity index is 2.19. The van der Waals surface area contributed by atoms with E-state index in [0.29, 0.717) is 34.8 Å². The van der Waals surface area contributed by atoms with Crippen LogP contribution < -0.4 is 10.1 Å². The fourth-order valence-electron chi connectivity index (χ4n) is 3.25. The van der Waals surface area contributed by atoms with E-state index in [9.17, 15) is 9.59 Å². The number of nitrogens with zero attached hydrogens (tertiary/aromatic N) is 1. The molecule has 1 atom stereocenters. The first-order valence-electron chi connectivity index (χ1n) is 10.6. The van der Waals surface area contributed by atoms with Gasteiger partial charge in [0.1, 0.15) is 11.8 Å². The lowest BCUT2D eigenvalue weighted by Crippen LogP contribution is -2.50. The van der Waals surface area contributed by atoms with Crippen molar-refractivity contribution in [1.29, 1.82) is 0 Å². The van der Waals surface area contributed by atoms with Gasteiger partial charge in [0.05, 0.1) is 4.47 Å². The molecule has 0 spiro atoms. The van der Waals surface area contributed by atoms with Gasteiger partial charge in [-0.25, -0.2) is 0 Å². The van der Waals surface area contributed by atoms with E-state index in [-0.39, 0.29) is 18.4 Å². The van der Waals surface area contributed by atoms with Crippen LogP contribution in [0.15, 0.2) is 46.9 Å². The van der Waals surface area contributed by atoms with Crippen molar-refractivity contribution in [2.24, 2.45) is 0 Å². The molecule has 0 heterocycles. The number of amides is 2. The van der Waals surface area contributed by atoms with Crippen LogP contribution in [-0.4, -0.2) is 35.9 Å². The number of halogens is 2. The number of rotatable bonds is 11. The SMILES string of the molecule is CCCCNC(=O)[C@H](CC)N(Cc1cccc(C)c1)C(=O)COc1ccc(Cl)cc1Br. The molecule has 31 heavy (non-hydrogen) atoms. The molecular formula is C24H30BrClN2O3. The van der Waals surface area contributed by atoms with E-state index < -0.39 is 6.04 Å². The maximum absolute atomic E-state index is 13.2. The summed E-state index contributed by atoms with van der Waals surface area (Å²) < 4.78 is 6.41. The lowest BCUT2D eigenvalue weighted by Gasteiger charge is -2.30. The molecular weight excluding hydrogens is 480 g/mol. The highest BCUT2D eigenvalue weighted by atomic mass is 79.9. The maximum Gasteiger partial charge on any atom is 0.261 e. The molecule has 1 N–H and O–H groups in total. The lowest BCUT2D eigenvalue weighted by atomic mass is 10.1. The predicted molar refractivity (Wildman–Crippen MR) is 128 cm³/mol. The minimum Gasteiger partial charge on any atom is -0.483 e. The molecule has 2 aromatic carbocycles. The monoisotopic (exact) mass is 508 g/mol. The second-order valence-corrected chi connectivity index (χ2v) is 8.73. The molecule has 2 amide bonds. The molecule has 0 aromatic heterocycles. The molecule has 0 saturated heterocycles. The third-order valence-corrected chi connectivity index (χ3v) is 5.75. The average Bonchev–Trinajstić information content (AvgIpc) is 2.73. The Labute approximate surface area is 198 Å². The number of hydrogen-bond acceptors (Lipinski definition) is 3. The maximum atomic E-state index is 13.2. The normalized spacial score (nSPS) is 11.6. The van der Waals surface area contributed by atoms with Crippen LogP contribution in [0.25, 0.3) is 0 Å². The number of carbonyl (C=O) groups excluding carboxylic acids is 2. The van der Waals surface area contributed by atoms with E-state index in [1.54, 1.807) is 23.1 Å². The number of unbranched alkanes of at least 4 members (excludes halogenated alkanes) is 1. The molecule has 0 saturated carbocycles. The van der Waals surface area contributed by atoms with Gasteiger partial charge in [-0.3, -0.25) is 9.59 Å². The second kappa shape index (κ2) is 12.7. The van der Waals surface area contributed by atoms with E-state index in [2.05, 4.69) is 28.2 Å². The molecule has 0 radical (unpaired) electrons. The van der Waals surface area contributed by atoms with Crippen LogP contribution in [0.2, 0.25) is 5.02 Å². The summed E-state index contributed by atoms with van der Waals surface area (Å²) in [6.45, 7) is 6.76. The summed E-state index contributed by atoms with van der Waals surface area (Å²) in [5.41, 5.74) is 2.08. The molecule has 5 nitrogen and oxygen atoms in total. The van der Waals surface area contributed by atoms with Crippen LogP contribution in [0.4, 0.5) is 0 Å². The smallest absolute Gasteiger partial charge is 0.261 e. The summed E-state index contributed by atoms with van der Waals surface area (Å²) in [5.74, 6) is 0.138. The summed E-state index contributed by atoms with van der Waals surface area (Å²) in [5, 5.41) is 3.53. The Morgan fingerprint density at radius 3 is 2.61 bits per heavy atom. The summed E-state index contributed by atoms with van der Waals surface area (Å²) in [6, 6.07) is 12.5. The highest BCUT2D eigenvalue weighted by molar-refractivity contribution is 9.10. The fraction of sp³-hybridized carbons (Fsp3) is 0.417. The van der Waals surface area contributed by atoms with Crippen LogP contribution in [-0.2, 0) is 16.1 Å². The topological polar surface area (TPSA) is 58.6 Å². The largest absolute Gasteiger partial charge is 0.483 e. The van der Waals surface area contributed by atoms with Gasteiger partial charge in [-0.15, -0.1) is 0 Å². The zero-order valence-electron chi connectivity index (χ0n) is 18.3. The Morgan fingerprint density at radius 2 is 1.97 bits per heavy atom. The third kappa shape index (κ3) is 7.86. The molecule has 2 aromatic rings. The van der Waals surface area contributed by atoms with Crippen LogP contribution in [0, 0.1) is 6.92 Å². The average molecular weight is 510 g/mol.